The molecule has 21 N–H and O–H groups in total. The number of H-pyrrole nitrogens is 1. The third-order valence-electron chi connectivity index (χ3n) is 13.4. The predicted octanol–water partition coefficient (Wildman–Crippen LogP) is -4.81. The molecule has 1 aromatic carbocycles. The molecule has 0 bridgehead atoms. The van der Waals surface area contributed by atoms with Crippen LogP contribution in [0.5, 0.6) is 0 Å². The zero-order chi connectivity index (χ0) is 54.8. The quantitative estimate of drug-likeness (QED) is 0.0227. The molecule has 3 aliphatic heterocycles. The Morgan fingerprint density at radius 2 is 1.08 bits per heavy atom. The molecule has 0 radical (unpaired) electrons. The molecule has 3 saturated heterocycles. The monoisotopic (exact) mass is 1050 g/mol. The van der Waals surface area contributed by atoms with Gasteiger partial charge in [-0.25, -0.2) is 4.79 Å². The summed E-state index contributed by atoms with van der Waals surface area (Å²) in [4.78, 5) is 130. The lowest BCUT2D eigenvalue weighted by atomic mass is 10.0. The highest BCUT2D eigenvalue weighted by atomic mass is 16.4. The van der Waals surface area contributed by atoms with Crippen molar-refractivity contribution in [3.05, 3.63) is 36.0 Å². The van der Waals surface area contributed by atoms with E-state index in [1.165, 1.54) is 14.7 Å². The van der Waals surface area contributed by atoms with Crippen molar-refractivity contribution >= 4 is 76.1 Å². The Bertz CT molecular complexity index is 2440. The minimum absolute atomic E-state index is 0.0169. The molecule has 4 heterocycles. The number of guanidine groups is 3. The number of nitrogens with zero attached hydrogens (tertiary/aromatic N) is 6. The average molecular weight is 1050 g/mol. The highest BCUT2D eigenvalue weighted by Gasteiger charge is 2.44. The van der Waals surface area contributed by atoms with Crippen LogP contribution < -0.4 is 61.4 Å². The van der Waals surface area contributed by atoms with Gasteiger partial charge in [-0.1, -0.05) is 18.2 Å². The second-order valence-electron chi connectivity index (χ2n) is 18.9. The number of rotatable bonds is 27. The van der Waals surface area contributed by atoms with Crippen molar-refractivity contribution in [2.24, 2.45) is 55.1 Å². The number of aromatic amines is 1. The molecular weight excluding hydrogens is 977 g/mol. The van der Waals surface area contributed by atoms with Crippen LogP contribution >= 0.6 is 0 Å². The number of carboxylic acids is 1. The van der Waals surface area contributed by atoms with Gasteiger partial charge >= 0.3 is 5.97 Å². The molecule has 0 spiro atoms. The van der Waals surface area contributed by atoms with Crippen LogP contribution in [0.25, 0.3) is 10.9 Å². The highest BCUT2D eigenvalue weighted by Crippen LogP contribution is 2.27. The molecule has 8 atom stereocenters. The average Bonchev–Trinajstić information content (AvgIpc) is 4.23. The molecule has 0 saturated carbocycles. The number of aliphatic carboxylic acids is 1. The van der Waals surface area contributed by atoms with Gasteiger partial charge in [0, 0.05) is 62.8 Å². The summed E-state index contributed by atoms with van der Waals surface area (Å²) < 4.78 is 0. The summed E-state index contributed by atoms with van der Waals surface area (Å²) >= 11 is 0. The standard InChI is InChI=1S/C47H74N18O10/c48-28(25-66)41(71)65-22-8-16-36(65)43(73)64-21-7-15-35(64)40(70)62-33(23-26-24-58-29-10-2-1-9-27(26)29)38(68)60-31(12-4-18-56-46(51)52)42(72)63-20-6-14-34(63)39(69)59-30(11-3-17-55-45(49)50)37(67)61-32(44(74)75)13-5-19-57-47(53)54/h1-2,9-10,24,28,30-36,58,66H,3-8,11-23,25,48H2,(H,59,69)(H,60,68)(H,61,67)(H,62,70)(H,74,75)(H4,49,50,55)(H4,51,52,56)(H4,53,54,57). The van der Waals surface area contributed by atoms with Crippen LogP contribution in [0, 0.1) is 0 Å². The molecule has 75 heavy (non-hydrogen) atoms. The Balaban J connectivity index is 1.38. The van der Waals surface area contributed by atoms with Crippen LogP contribution in [0.15, 0.2) is 45.4 Å². The van der Waals surface area contributed by atoms with Gasteiger partial charge in [-0.2, -0.15) is 0 Å². The minimum atomic E-state index is -1.36. The molecule has 3 fully saturated rings. The molecule has 8 unspecified atom stereocenters. The van der Waals surface area contributed by atoms with E-state index in [1.807, 2.05) is 24.3 Å². The largest absolute Gasteiger partial charge is 0.480 e. The van der Waals surface area contributed by atoms with E-state index in [2.05, 4.69) is 41.2 Å². The van der Waals surface area contributed by atoms with Crippen molar-refractivity contribution < 1.29 is 48.6 Å². The van der Waals surface area contributed by atoms with Crippen LogP contribution in [-0.4, -0.2) is 189 Å². The van der Waals surface area contributed by atoms with Gasteiger partial charge in [0.1, 0.15) is 48.3 Å². The van der Waals surface area contributed by atoms with Gasteiger partial charge in [0.05, 0.1) is 6.61 Å². The number of hydrogen-bond donors (Lipinski definition) is 14. The first-order valence-corrected chi connectivity index (χ1v) is 25.2. The van der Waals surface area contributed by atoms with E-state index in [9.17, 15) is 48.6 Å². The third kappa shape index (κ3) is 16.4. The number of aliphatic hydroxyl groups excluding tert-OH is 1. The lowest BCUT2D eigenvalue weighted by molar-refractivity contribution is -0.147. The van der Waals surface area contributed by atoms with E-state index in [1.54, 1.807) is 6.20 Å². The molecule has 3 aliphatic rings. The van der Waals surface area contributed by atoms with Crippen LogP contribution in [0.3, 0.4) is 0 Å². The number of fused-ring (bicyclic) bond motifs is 1. The van der Waals surface area contributed by atoms with Crippen molar-refractivity contribution in [2.75, 3.05) is 45.9 Å². The number of aliphatic hydroxyl groups is 1. The fourth-order valence-electron chi connectivity index (χ4n) is 9.68. The van der Waals surface area contributed by atoms with Crippen molar-refractivity contribution in [3.8, 4) is 0 Å². The smallest absolute Gasteiger partial charge is 0.326 e. The first-order valence-electron chi connectivity index (χ1n) is 25.2. The summed E-state index contributed by atoms with van der Waals surface area (Å²) in [5.74, 6) is -6.48. The fourth-order valence-corrected chi connectivity index (χ4v) is 9.68. The first-order chi connectivity index (χ1) is 35.8. The van der Waals surface area contributed by atoms with Crippen LogP contribution in [0.4, 0.5) is 0 Å². The van der Waals surface area contributed by atoms with Crippen molar-refractivity contribution in [1.29, 1.82) is 0 Å². The summed E-state index contributed by atoms with van der Waals surface area (Å²) in [6.45, 7) is 0.226. The van der Waals surface area contributed by atoms with E-state index < -0.39 is 102 Å². The normalized spacial score (nSPS) is 19.2. The Kier molecular flexibility index (Phi) is 21.8. The summed E-state index contributed by atoms with van der Waals surface area (Å²) in [6.07, 6.45) is 4.31. The Hall–Kier alpha value is -7.75. The van der Waals surface area contributed by atoms with E-state index in [0.29, 0.717) is 31.2 Å². The fraction of sp³-hybridized carbons (Fsp3) is 0.596. The van der Waals surface area contributed by atoms with E-state index in [0.717, 1.165) is 10.9 Å². The number of aromatic nitrogens is 1. The number of amides is 7. The van der Waals surface area contributed by atoms with Gasteiger partial charge in [0.2, 0.25) is 41.4 Å². The SMILES string of the molecule is NC(N)=NCCCC(NC(=O)C(CCCN=C(N)N)NC(=O)C1CCCN1C(=O)C(CCCN=C(N)N)NC(=O)C(Cc1c[nH]c2ccccc12)NC(=O)C1CCCN1C(=O)C1CCCN1C(=O)C(N)CO)C(=O)O. The zero-order valence-electron chi connectivity index (χ0n) is 42.0. The highest BCUT2D eigenvalue weighted by molar-refractivity contribution is 5.98. The zero-order valence-corrected chi connectivity index (χ0v) is 42.0. The molecule has 1 aromatic heterocycles. The molecule has 412 valence electrons. The number of nitrogens with two attached hydrogens (primary N) is 7. The number of likely N-dealkylation sites (tertiary alicyclic amines) is 3. The number of carbonyl (C=O) groups is 8. The Morgan fingerprint density at radius 1 is 0.613 bits per heavy atom. The number of carbonyl (C=O) groups excluding carboxylic acids is 7. The lowest BCUT2D eigenvalue weighted by Crippen LogP contribution is -2.60. The van der Waals surface area contributed by atoms with Crippen molar-refractivity contribution in [3.63, 3.8) is 0 Å². The van der Waals surface area contributed by atoms with Gasteiger partial charge in [-0.05, 0) is 88.7 Å². The second-order valence-corrected chi connectivity index (χ2v) is 18.9. The number of para-hydroxylation sites is 1. The summed E-state index contributed by atoms with van der Waals surface area (Å²) in [7, 11) is 0. The van der Waals surface area contributed by atoms with Gasteiger partial charge in [-0.3, -0.25) is 48.5 Å². The maximum atomic E-state index is 14.8. The van der Waals surface area contributed by atoms with E-state index >= 15 is 0 Å². The second kappa shape index (κ2) is 28.1. The number of hydrogen-bond acceptors (Lipinski definition) is 13. The van der Waals surface area contributed by atoms with Crippen LogP contribution in [-0.2, 0) is 44.8 Å². The summed E-state index contributed by atoms with van der Waals surface area (Å²) in [5, 5.41) is 31.1. The third-order valence-corrected chi connectivity index (χ3v) is 13.4. The Labute approximate surface area is 433 Å². The van der Waals surface area contributed by atoms with Gasteiger partial charge in [-0.15, -0.1) is 0 Å². The Morgan fingerprint density at radius 3 is 1.64 bits per heavy atom. The van der Waals surface area contributed by atoms with Gasteiger partial charge in [0.15, 0.2) is 17.9 Å². The maximum absolute atomic E-state index is 14.8. The van der Waals surface area contributed by atoms with Gasteiger partial charge < -0.3 is 91.3 Å². The lowest BCUT2D eigenvalue weighted by Gasteiger charge is -2.33. The predicted molar refractivity (Wildman–Crippen MR) is 276 cm³/mol. The van der Waals surface area contributed by atoms with E-state index in [-0.39, 0.29) is 115 Å². The number of carboxylic acid groups (broad SMARTS) is 1. The minimum Gasteiger partial charge on any atom is -0.480 e. The van der Waals surface area contributed by atoms with Crippen molar-refractivity contribution in [1.82, 2.24) is 41.0 Å². The summed E-state index contributed by atoms with van der Waals surface area (Å²) in [6, 6.07) is -2.15. The molecule has 2 aromatic rings. The molecule has 28 nitrogen and oxygen atoms in total. The maximum Gasteiger partial charge on any atom is 0.326 e. The molecule has 28 heteroatoms. The number of benzene rings is 1. The van der Waals surface area contributed by atoms with Gasteiger partial charge in [0.25, 0.3) is 0 Å². The molecular formula is C47H74N18O10. The van der Waals surface area contributed by atoms with Crippen LogP contribution in [0.2, 0.25) is 0 Å². The first kappa shape index (κ1) is 58.1. The topological polar surface area (TPSA) is 470 Å². The molecule has 5 rings (SSSR count). The van der Waals surface area contributed by atoms with E-state index in [4.69, 9.17) is 40.1 Å². The van der Waals surface area contributed by atoms with Crippen molar-refractivity contribution in [2.45, 2.75) is 132 Å². The van der Waals surface area contributed by atoms with Crippen LogP contribution in [0.1, 0.15) is 82.6 Å². The summed E-state index contributed by atoms with van der Waals surface area (Å²) in [5.41, 5.74) is 40.2. The number of nitrogens with one attached hydrogen (secondary N) is 5. The molecule has 0 aliphatic carbocycles. The molecule has 7 amide bonds. The number of aliphatic imine (C=N–C) groups is 3.